The van der Waals surface area contributed by atoms with Gasteiger partial charge in [-0.2, -0.15) is 0 Å². The van der Waals surface area contributed by atoms with Crippen LogP contribution in [0.5, 0.6) is 0 Å². The number of hydrogen-bond acceptors (Lipinski definition) is 4. The predicted molar refractivity (Wildman–Crippen MR) is 94.1 cm³/mol. The van der Waals surface area contributed by atoms with Gasteiger partial charge in [0, 0.05) is 26.2 Å². The lowest BCUT2D eigenvalue weighted by Crippen LogP contribution is -2.34. The van der Waals surface area contributed by atoms with Gasteiger partial charge < -0.3 is 19.3 Å². The Labute approximate surface area is 146 Å². The second-order valence-corrected chi connectivity index (χ2v) is 8.35. The van der Waals surface area contributed by atoms with Crippen LogP contribution < -0.4 is 0 Å². The van der Waals surface area contributed by atoms with Crippen molar-refractivity contribution in [3.63, 3.8) is 0 Å². The van der Waals surface area contributed by atoms with Crippen LogP contribution in [0.3, 0.4) is 0 Å². The number of likely N-dealkylation sites (tertiary alicyclic amines) is 2. The molecular formula is C18H34N2O4. The zero-order valence-corrected chi connectivity index (χ0v) is 16.2. The first-order valence-corrected chi connectivity index (χ1v) is 8.94. The Bertz CT molecular complexity index is 372. The molecule has 2 fully saturated rings. The standard InChI is InChI=1S/2C9H17NO2/c2*1-9(2,3)12-8(11)10-6-4-5-7-10/h2*4-7H2,1-3H3. The molecule has 0 radical (unpaired) electrons. The third-order valence-electron chi connectivity index (χ3n) is 3.52. The van der Waals surface area contributed by atoms with Crippen molar-refractivity contribution in [3.05, 3.63) is 0 Å². The van der Waals surface area contributed by atoms with E-state index in [1.165, 1.54) is 0 Å². The Morgan fingerprint density at radius 3 is 1.08 bits per heavy atom. The smallest absolute Gasteiger partial charge is 0.410 e. The van der Waals surface area contributed by atoms with Crippen molar-refractivity contribution in [1.29, 1.82) is 0 Å². The molecule has 0 N–H and O–H groups in total. The molecular weight excluding hydrogens is 308 g/mol. The monoisotopic (exact) mass is 342 g/mol. The average Bonchev–Trinajstić information content (AvgIpc) is 3.10. The number of rotatable bonds is 0. The lowest BCUT2D eigenvalue weighted by molar-refractivity contribution is 0.0284. The minimum absolute atomic E-state index is 0.167. The molecule has 0 aromatic carbocycles. The fourth-order valence-electron chi connectivity index (χ4n) is 2.45. The summed E-state index contributed by atoms with van der Waals surface area (Å²) in [6.07, 6.45) is 4.11. The fraction of sp³-hybridized carbons (Fsp3) is 0.889. The summed E-state index contributed by atoms with van der Waals surface area (Å²) < 4.78 is 10.4. The minimum atomic E-state index is -0.361. The minimum Gasteiger partial charge on any atom is -0.444 e. The molecule has 6 nitrogen and oxygen atoms in total. The highest BCUT2D eigenvalue weighted by Crippen LogP contribution is 2.15. The van der Waals surface area contributed by atoms with Crippen LogP contribution in [-0.2, 0) is 9.47 Å². The van der Waals surface area contributed by atoms with E-state index in [0.717, 1.165) is 51.9 Å². The van der Waals surface area contributed by atoms with E-state index in [1.54, 1.807) is 9.80 Å². The first-order chi connectivity index (χ1) is 11.0. The molecule has 2 heterocycles. The van der Waals surface area contributed by atoms with Gasteiger partial charge in [-0.25, -0.2) is 9.59 Å². The molecule has 0 aromatic rings. The second kappa shape index (κ2) is 8.58. The normalized spacial score (nSPS) is 18.1. The van der Waals surface area contributed by atoms with Crippen molar-refractivity contribution in [1.82, 2.24) is 9.80 Å². The molecule has 2 saturated heterocycles. The summed E-state index contributed by atoms with van der Waals surface area (Å²) in [5.41, 5.74) is -0.723. The molecule has 2 aliphatic heterocycles. The van der Waals surface area contributed by atoms with Crippen molar-refractivity contribution in [2.24, 2.45) is 0 Å². The lowest BCUT2D eigenvalue weighted by atomic mass is 10.2. The summed E-state index contributed by atoms with van der Waals surface area (Å²) in [5, 5.41) is 0. The Morgan fingerprint density at radius 1 is 0.625 bits per heavy atom. The van der Waals surface area contributed by atoms with Gasteiger partial charge in [-0.1, -0.05) is 0 Å². The summed E-state index contributed by atoms with van der Waals surface area (Å²) in [6, 6.07) is 0. The Hall–Kier alpha value is -1.46. The van der Waals surface area contributed by atoms with Crippen molar-refractivity contribution in [3.8, 4) is 0 Å². The summed E-state index contributed by atoms with van der Waals surface area (Å²) in [6.45, 7) is 14.8. The van der Waals surface area contributed by atoms with Crippen LogP contribution in [0.15, 0.2) is 0 Å². The largest absolute Gasteiger partial charge is 0.444 e. The summed E-state index contributed by atoms with van der Waals surface area (Å²) >= 11 is 0. The molecule has 0 atom stereocenters. The maximum absolute atomic E-state index is 11.4. The van der Waals surface area contributed by atoms with Crippen LogP contribution >= 0.6 is 0 Å². The van der Waals surface area contributed by atoms with Crippen LogP contribution in [0, 0.1) is 0 Å². The second-order valence-electron chi connectivity index (χ2n) is 8.35. The van der Waals surface area contributed by atoms with Crippen LogP contribution in [0.25, 0.3) is 0 Å². The Kier molecular flexibility index (Phi) is 7.36. The average molecular weight is 342 g/mol. The highest BCUT2D eigenvalue weighted by Gasteiger charge is 2.24. The molecule has 0 spiro atoms. The quantitative estimate of drug-likeness (QED) is 0.667. The number of ether oxygens (including phenoxy) is 2. The SMILES string of the molecule is CC(C)(C)OC(=O)N1CCCC1.CC(C)(C)OC(=O)N1CCCC1. The summed E-state index contributed by atoms with van der Waals surface area (Å²) in [7, 11) is 0. The van der Waals surface area contributed by atoms with Gasteiger partial charge in [-0.05, 0) is 67.2 Å². The van der Waals surface area contributed by atoms with E-state index in [1.807, 2.05) is 41.5 Å². The van der Waals surface area contributed by atoms with Gasteiger partial charge in [-0.3, -0.25) is 0 Å². The first kappa shape index (κ1) is 20.6. The van der Waals surface area contributed by atoms with E-state index in [0.29, 0.717) is 0 Å². The molecule has 0 bridgehead atoms. The maximum atomic E-state index is 11.4. The fourth-order valence-corrected chi connectivity index (χ4v) is 2.45. The zero-order valence-electron chi connectivity index (χ0n) is 16.2. The molecule has 2 aliphatic rings. The summed E-state index contributed by atoms with van der Waals surface area (Å²) in [4.78, 5) is 26.3. The molecule has 0 unspecified atom stereocenters. The van der Waals surface area contributed by atoms with Gasteiger partial charge in [0.1, 0.15) is 11.2 Å². The van der Waals surface area contributed by atoms with Crippen LogP contribution in [0.1, 0.15) is 67.2 Å². The van der Waals surface area contributed by atoms with Gasteiger partial charge in [0.2, 0.25) is 0 Å². The molecule has 0 aliphatic carbocycles. The molecule has 140 valence electrons. The van der Waals surface area contributed by atoms with Crippen molar-refractivity contribution >= 4 is 12.2 Å². The molecule has 2 rings (SSSR count). The lowest BCUT2D eigenvalue weighted by Gasteiger charge is -2.23. The molecule has 0 saturated carbocycles. The van der Waals surface area contributed by atoms with E-state index >= 15 is 0 Å². The highest BCUT2D eigenvalue weighted by molar-refractivity contribution is 5.68. The van der Waals surface area contributed by atoms with Crippen LogP contribution in [0.4, 0.5) is 9.59 Å². The number of carbonyl (C=O) groups excluding carboxylic acids is 2. The Morgan fingerprint density at radius 2 is 0.875 bits per heavy atom. The molecule has 2 amide bonds. The maximum Gasteiger partial charge on any atom is 0.410 e. The van der Waals surface area contributed by atoms with Gasteiger partial charge in [0.15, 0.2) is 0 Å². The third kappa shape index (κ3) is 8.41. The van der Waals surface area contributed by atoms with Gasteiger partial charge in [0.25, 0.3) is 0 Å². The highest BCUT2D eigenvalue weighted by atomic mass is 16.6. The van der Waals surface area contributed by atoms with Crippen molar-refractivity contribution in [2.75, 3.05) is 26.2 Å². The predicted octanol–water partition coefficient (Wildman–Crippen LogP) is 4.03. The van der Waals surface area contributed by atoms with Crippen LogP contribution in [0.2, 0.25) is 0 Å². The number of carbonyl (C=O) groups is 2. The van der Waals surface area contributed by atoms with Crippen molar-refractivity contribution < 1.29 is 19.1 Å². The molecule has 6 heteroatoms. The van der Waals surface area contributed by atoms with Gasteiger partial charge in [-0.15, -0.1) is 0 Å². The zero-order chi connectivity index (χ0) is 18.4. The third-order valence-corrected chi connectivity index (χ3v) is 3.52. The number of nitrogens with zero attached hydrogens (tertiary/aromatic N) is 2. The van der Waals surface area contributed by atoms with Gasteiger partial charge in [0.05, 0.1) is 0 Å². The van der Waals surface area contributed by atoms with E-state index in [9.17, 15) is 9.59 Å². The van der Waals surface area contributed by atoms with E-state index in [-0.39, 0.29) is 23.4 Å². The van der Waals surface area contributed by atoms with Gasteiger partial charge >= 0.3 is 12.2 Å². The topological polar surface area (TPSA) is 59.1 Å². The number of amides is 2. The number of hydrogen-bond donors (Lipinski definition) is 0. The van der Waals surface area contributed by atoms with E-state index in [2.05, 4.69) is 0 Å². The molecule has 0 aromatic heterocycles. The first-order valence-electron chi connectivity index (χ1n) is 8.94. The van der Waals surface area contributed by atoms with E-state index < -0.39 is 0 Å². The van der Waals surface area contributed by atoms with Crippen molar-refractivity contribution in [2.45, 2.75) is 78.4 Å². The van der Waals surface area contributed by atoms with E-state index in [4.69, 9.17) is 9.47 Å². The van der Waals surface area contributed by atoms with Crippen LogP contribution in [-0.4, -0.2) is 59.4 Å². The Balaban J connectivity index is 0.000000240. The molecule has 24 heavy (non-hydrogen) atoms. The summed E-state index contributed by atoms with van der Waals surface area (Å²) in [5.74, 6) is 0.